The van der Waals surface area contributed by atoms with Crippen molar-refractivity contribution in [3.05, 3.63) is 30.0 Å². The zero-order valence-corrected chi connectivity index (χ0v) is 14.9. The molecule has 1 N–H and O–H groups in total. The molecule has 1 aliphatic rings. The molecule has 0 bridgehead atoms. The summed E-state index contributed by atoms with van der Waals surface area (Å²) in [5, 5.41) is 4.65. The average Bonchev–Trinajstić information content (AvgIpc) is 2.91. The van der Waals surface area contributed by atoms with Crippen LogP contribution < -0.4 is 4.72 Å². The van der Waals surface area contributed by atoms with Crippen molar-refractivity contribution in [2.45, 2.75) is 63.5 Å². The Morgan fingerprint density at radius 2 is 1.96 bits per heavy atom. The number of sulfonamides is 1. The van der Waals surface area contributed by atoms with Gasteiger partial charge in [-0.2, -0.15) is 0 Å². The van der Waals surface area contributed by atoms with Crippen molar-refractivity contribution >= 4 is 21.0 Å². The van der Waals surface area contributed by atoms with Crippen LogP contribution in [0.1, 0.15) is 45.2 Å². The van der Waals surface area contributed by atoms with Crippen LogP contribution >= 0.6 is 0 Å². The molecular weight excluding hydrogens is 328 g/mol. The van der Waals surface area contributed by atoms with E-state index in [-0.39, 0.29) is 24.0 Å². The highest BCUT2D eigenvalue weighted by atomic mass is 32.2. The van der Waals surface area contributed by atoms with E-state index in [1.54, 1.807) is 6.07 Å². The summed E-state index contributed by atoms with van der Waals surface area (Å²) in [6, 6.07) is 7.26. The third-order valence-electron chi connectivity index (χ3n) is 4.26. The van der Waals surface area contributed by atoms with E-state index in [1.165, 1.54) is 0 Å². The number of rotatable bonds is 6. The summed E-state index contributed by atoms with van der Waals surface area (Å²) in [6.45, 7) is 4.05. The molecule has 132 valence electrons. The summed E-state index contributed by atoms with van der Waals surface area (Å²) < 4.78 is 38.7. The summed E-state index contributed by atoms with van der Waals surface area (Å²) in [4.78, 5) is 0. The predicted molar refractivity (Wildman–Crippen MR) is 92.0 cm³/mol. The highest BCUT2D eigenvalue weighted by molar-refractivity contribution is 7.88. The van der Waals surface area contributed by atoms with Crippen LogP contribution in [0.4, 0.5) is 0 Å². The van der Waals surface area contributed by atoms with E-state index in [0.29, 0.717) is 11.3 Å². The van der Waals surface area contributed by atoms with Crippen molar-refractivity contribution in [1.82, 2.24) is 9.88 Å². The Bertz CT molecular complexity index is 777. The summed E-state index contributed by atoms with van der Waals surface area (Å²) in [5.74, 6) is -0.160. The molecular formula is C17H24N2O4S. The largest absolute Gasteiger partial charge is 0.376 e. The minimum absolute atomic E-state index is 0.0276. The van der Waals surface area contributed by atoms with E-state index in [4.69, 9.17) is 9.26 Å². The van der Waals surface area contributed by atoms with Crippen LogP contribution in [0.5, 0.6) is 0 Å². The van der Waals surface area contributed by atoms with E-state index < -0.39 is 10.0 Å². The second-order valence-electron chi connectivity index (χ2n) is 6.66. The molecule has 0 spiro atoms. The first-order chi connectivity index (χ1) is 11.4. The van der Waals surface area contributed by atoms with Gasteiger partial charge in [-0.25, -0.2) is 13.1 Å². The first-order valence-electron chi connectivity index (χ1n) is 8.42. The molecule has 1 aromatic carbocycles. The van der Waals surface area contributed by atoms with Gasteiger partial charge in [0.2, 0.25) is 10.0 Å². The maximum atomic E-state index is 12.4. The minimum atomic E-state index is -3.45. The molecule has 1 heterocycles. The van der Waals surface area contributed by atoms with Gasteiger partial charge in [0.1, 0.15) is 11.4 Å². The number of fused-ring (bicyclic) bond motifs is 1. The summed E-state index contributed by atoms with van der Waals surface area (Å²) in [6.07, 6.45) is 3.83. The minimum Gasteiger partial charge on any atom is -0.376 e. The normalized spacial score (nSPS) is 22.3. The highest BCUT2D eigenvalue weighted by Crippen LogP contribution is 2.24. The maximum absolute atomic E-state index is 12.4. The van der Waals surface area contributed by atoms with Crippen molar-refractivity contribution in [2.75, 3.05) is 0 Å². The lowest BCUT2D eigenvalue weighted by molar-refractivity contribution is -0.0150. The van der Waals surface area contributed by atoms with Crippen LogP contribution in [-0.2, 0) is 20.5 Å². The fraction of sp³-hybridized carbons (Fsp3) is 0.588. The van der Waals surface area contributed by atoms with Crippen LogP contribution in [0.2, 0.25) is 0 Å². The third kappa shape index (κ3) is 4.34. The van der Waals surface area contributed by atoms with Crippen molar-refractivity contribution in [3.8, 4) is 0 Å². The average molecular weight is 352 g/mol. The Labute approximate surface area is 142 Å². The standard InChI is InChI=1S/C17H24N2O4S/c1-12(2)22-14-9-7-13(8-10-14)19-24(20,21)11-16-15-5-3-4-6-17(15)23-18-16/h3-6,12-14,19H,7-11H2,1-2H3. The lowest BCUT2D eigenvalue weighted by atomic mass is 9.93. The van der Waals surface area contributed by atoms with Gasteiger partial charge in [0.15, 0.2) is 5.58 Å². The van der Waals surface area contributed by atoms with Crippen LogP contribution in [0.15, 0.2) is 28.8 Å². The summed E-state index contributed by atoms with van der Waals surface area (Å²) in [7, 11) is -3.45. The molecule has 1 aromatic heterocycles. The molecule has 24 heavy (non-hydrogen) atoms. The molecule has 2 aromatic rings. The van der Waals surface area contributed by atoms with E-state index in [2.05, 4.69) is 9.88 Å². The summed E-state index contributed by atoms with van der Waals surface area (Å²) >= 11 is 0. The number of hydrogen-bond acceptors (Lipinski definition) is 5. The van der Waals surface area contributed by atoms with Gasteiger partial charge in [-0.05, 0) is 51.7 Å². The molecule has 0 radical (unpaired) electrons. The van der Waals surface area contributed by atoms with Crippen LogP contribution in [0, 0.1) is 0 Å². The second-order valence-corrected chi connectivity index (χ2v) is 8.41. The van der Waals surface area contributed by atoms with E-state index >= 15 is 0 Å². The van der Waals surface area contributed by atoms with Crippen molar-refractivity contribution < 1.29 is 17.7 Å². The Hall–Kier alpha value is -1.44. The van der Waals surface area contributed by atoms with Crippen molar-refractivity contribution in [1.29, 1.82) is 0 Å². The Kier molecular flexibility index (Phi) is 5.22. The Balaban J connectivity index is 1.59. The predicted octanol–water partition coefficient (Wildman–Crippen LogP) is 2.98. The molecule has 1 saturated carbocycles. The zero-order valence-electron chi connectivity index (χ0n) is 14.1. The van der Waals surface area contributed by atoms with Gasteiger partial charge in [-0.3, -0.25) is 0 Å². The van der Waals surface area contributed by atoms with Gasteiger partial charge in [-0.15, -0.1) is 0 Å². The number of aromatic nitrogens is 1. The number of hydrogen-bond donors (Lipinski definition) is 1. The van der Waals surface area contributed by atoms with Gasteiger partial charge in [0.05, 0.1) is 12.2 Å². The van der Waals surface area contributed by atoms with E-state index in [0.717, 1.165) is 31.1 Å². The molecule has 0 aliphatic heterocycles. The lowest BCUT2D eigenvalue weighted by Gasteiger charge is -2.30. The van der Waals surface area contributed by atoms with Crippen molar-refractivity contribution in [3.63, 3.8) is 0 Å². The topological polar surface area (TPSA) is 81.4 Å². The number of ether oxygens (including phenoxy) is 1. The lowest BCUT2D eigenvalue weighted by Crippen LogP contribution is -2.40. The molecule has 6 nitrogen and oxygen atoms in total. The molecule has 0 atom stereocenters. The van der Waals surface area contributed by atoms with Gasteiger partial charge >= 0.3 is 0 Å². The van der Waals surface area contributed by atoms with E-state index in [9.17, 15) is 8.42 Å². The fourth-order valence-corrected chi connectivity index (χ4v) is 4.61. The number of benzene rings is 1. The summed E-state index contributed by atoms with van der Waals surface area (Å²) in [5.41, 5.74) is 1.06. The van der Waals surface area contributed by atoms with Gasteiger partial charge in [0, 0.05) is 11.4 Å². The van der Waals surface area contributed by atoms with Gasteiger partial charge < -0.3 is 9.26 Å². The smallest absolute Gasteiger partial charge is 0.217 e. The molecule has 1 aliphatic carbocycles. The fourth-order valence-electron chi connectivity index (χ4n) is 3.22. The van der Waals surface area contributed by atoms with Crippen LogP contribution in [-0.4, -0.2) is 31.8 Å². The quantitative estimate of drug-likeness (QED) is 0.864. The van der Waals surface area contributed by atoms with E-state index in [1.807, 2.05) is 32.0 Å². The number of nitrogens with one attached hydrogen (secondary N) is 1. The maximum Gasteiger partial charge on any atom is 0.217 e. The first kappa shape index (κ1) is 17.4. The second kappa shape index (κ2) is 7.21. The molecule has 7 heteroatoms. The third-order valence-corrected chi connectivity index (χ3v) is 5.61. The zero-order chi connectivity index (χ0) is 17.2. The SMILES string of the molecule is CC(C)OC1CCC(NS(=O)(=O)Cc2noc3ccccc23)CC1. The highest BCUT2D eigenvalue weighted by Gasteiger charge is 2.26. The Morgan fingerprint density at radius 3 is 2.67 bits per heavy atom. The molecule has 1 fully saturated rings. The van der Waals surface area contributed by atoms with Crippen LogP contribution in [0.25, 0.3) is 11.0 Å². The number of para-hydroxylation sites is 1. The van der Waals surface area contributed by atoms with Gasteiger partial charge in [0.25, 0.3) is 0 Å². The first-order valence-corrected chi connectivity index (χ1v) is 10.1. The van der Waals surface area contributed by atoms with Crippen molar-refractivity contribution in [2.24, 2.45) is 0 Å². The molecule has 3 rings (SSSR count). The molecule has 0 unspecified atom stereocenters. The molecule has 0 saturated heterocycles. The molecule has 0 amide bonds. The Morgan fingerprint density at radius 1 is 1.25 bits per heavy atom. The monoisotopic (exact) mass is 352 g/mol. The van der Waals surface area contributed by atoms with Gasteiger partial charge in [-0.1, -0.05) is 17.3 Å². The van der Waals surface area contributed by atoms with Crippen LogP contribution in [0.3, 0.4) is 0 Å². The number of nitrogens with zero attached hydrogens (tertiary/aromatic N) is 1.